The zero-order valence-corrected chi connectivity index (χ0v) is 16.0. The van der Waals surface area contributed by atoms with E-state index in [4.69, 9.17) is 9.47 Å². The molecule has 4 aromatic heterocycles. The molecule has 10 heteroatoms. The van der Waals surface area contributed by atoms with E-state index >= 15 is 0 Å². The lowest BCUT2D eigenvalue weighted by Gasteiger charge is -2.17. The predicted octanol–water partition coefficient (Wildman–Crippen LogP) is 4.24. The van der Waals surface area contributed by atoms with E-state index in [-0.39, 0.29) is 5.91 Å². The van der Waals surface area contributed by atoms with Crippen molar-refractivity contribution in [3.63, 3.8) is 0 Å². The van der Waals surface area contributed by atoms with Crippen LogP contribution in [-0.2, 0) is 0 Å². The molecule has 0 saturated heterocycles. The predicted molar refractivity (Wildman–Crippen MR) is 107 cm³/mol. The molecule has 1 aliphatic rings. The summed E-state index contributed by atoms with van der Waals surface area (Å²) in [5.41, 5.74) is 1.73. The fourth-order valence-corrected chi connectivity index (χ4v) is 5.60. The summed E-state index contributed by atoms with van der Waals surface area (Å²) in [6.45, 7) is 1.07. The van der Waals surface area contributed by atoms with Crippen molar-refractivity contribution in [2.45, 2.75) is 0 Å². The Morgan fingerprint density at radius 2 is 1.96 bits per heavy atom. The van der Waals surface area contributed by atoms with Crippen LogP contribution in [0.4, 0.5) is 5.13 Å². The van der Waals surface area contributed by atoms with E-state index < -0.39 is 0 Å². The third-order valence-corrected chi connectivity index (χ3v) is 6.94. The summed E-state index contributed by atoms with van der Waals surface area (Å²) in [5.74, 6) is 1.23. The summed E-state index contributed by atoms with van der Waals surface area (Å²) in [6.07, 6.45) is 1.96. The molecule has 0 aliphatic carbocycles. The molecule has 134 valence electrons. The minimum atomic E-state index is -0.182. The number of rotatable bonds is 2. The quantitative estimate of drug-likeness (QED) is 0.467. The second-order valence-corrected chi connectivity index (χ2v) is 8.84. The van der Waals surface area contributed by atoms with E-state index in [1.807, 2.05) is 34.2 Å². The van der Waals surface area contributed by atoms with Crippen LogP contribution in [0.2, 0.25) is 0 Å². The number of anilines is 1. The zero-order valence-electron chi connectivity index (χ0n) is 13.6. The second-order valence-electron chi connectivity index (χ2n) is 5.91. The number of imidazole rings is 1. The number of hydrogen-bond acceptors (Lipinski definition) is 8. The fourth-order valence-electron chi connectivity index (χ4n) is 3.04. The normalized spacial score (nSPS) is 13.6. The van der Waals surface area contributed by atoms with Crippen molar-refractivity contribution in [1.29, 1.82) is 0 Å². The van der Waals surface area contributed by atoms with Crippen LogP contribution in [0.15, 0.2) is 29.8 Å². The average Bonchev–Trinajstić information content (AvgIpc) is 3.39. The Balaban J connectivity index is 1.33. The van der Waals surface area contributed by atoms with Crippen LogP contribution in [0, 0.1) is 0 Å². The highest BCUT2D eigenvalue weighted by molar-refractivity contribution is 7.23. The van der Waals surface area contributed by atoms with E-state index in [0.717, 1.165) is 31.3 Å². The average molecular weight is 414 g/mol. The zero-order chi connectivity index (χ0) is 18.0. The maximum absolute atomic E-state index is 12.7. The summed E-state index contributed by atoms with van der Waals surface area (Å²) in [6, 6.07) is 5.63. The SMILES string of the molecule is O=C(Nc1nc2cc3c(cc2s1)OCCO3)c1cc2c(nc3sccn32)s1. The molecule has 0 radical (unpaired) electrons. The van der Waals surface area contributed by atoms with Gasteiger partial charge in [0.05, 0.1) is 20.6 Å². The molecule has 7 nitrogen and oxygen atoms in total. The van der Waals surface area contributed by atoms with Gasteiger partial charge in [0.1, 0.15) is 18.0 Å². The minimum Gasteiger partial charge on any atom is -0.486 e. The molecule has 0 unspecified atom stereocenters. The number of amides is 1. The van der Waals surface area contributed by atoms with Crippen molar-refractivity contribution >= 4 is 70.6 Å². The molecule has 0 fully saturated rings. The molecule has 5 aromatic rings. The number of ether oxygens (including phenoxy) is 2. The van der Waals surface area contributed by atoms with Crippen molar-refractivity contribution in [3.05, 3.63) is 34.7 Å². The van der Waals surface area contributed by atoms with Crippen molar-refractivity contribution in [1.82, 2.24) is 14.4 Å². The third kappa shape index (κ3) is 2.41. The Labute approximate surface area is 163 Å². The first-order valence-corrected chi connectivity index (χ1v) is 10.6. The van der Waals surface area contributed by atoms with Crippen LogP contribution in [0.25, 0.3) is 25.5 Å². The Morgan fingerprint density at radius 1 is 1.11 bits per heavy atom. The number of benzene rings is 1. The smallest absolute Gasteiger partial charge is 0.267 e. The van der Waals surface area contributed by atoms with E-state index in [1.54, 1.807) is 11.3 Å². The number of fused-ring (bicyclic) bond motifs is 5. The van der Waals surface area contributed by atoms with Gasteiger partial charge in [-0.05, 0) is 6.07 Å². The van der Waals surface area contributed by atoms with Gasteiger partial charge in [-0.25, -0.2) is 9.97 Å². The highest BCUT2D eigenvalue weighted by Crippen LogP contribution is 2.38. The summed E-state index contributed by atoms with van der Waals surface area (Å²) < 4.78 is 14.1. The van der Waals surface area contributed by atoms with Gasteiger partial charge in [0, 0.05) is 23.7 Å². The van der Waals surface area contributed by atoms with E-state index in [9.17, 15) is 4.79 Å². The van der Waals surface area contributed by atoms with Gasteiger partial charge >= 0.3 is 0 Å². The lowest BCUT2D eigenvalue weighted by atomic mass is 10.3. The van der Waals surface area contributed by atoms with E-state index in [2.05, 4.69) is 15.3 Å². The number of nitrogens with one attached hydrogen (secondary N) is 1. The van der Waals surface area contributed by atoms with Gasteiger partial charge < -0.3 is 9.47 Å². The Bertz CT molecular complexity index is 1300. The van der Waals surface area contributed by atoms with Gasteiger partial charge in [0.2, 0.25) is 0 Å². The van der Waals surface area contributed by atoms with Gasteiger partial charge in [-0.15, -0.1) is 22.7 Å². The Hall–Kier alpha value is -2.69. The van der Waals surface area contributed by atoms with Crippen molar-refractivity contribution < 1.29 is 14.3 Å². The lowest BCUT2D eigenvalue weighted by Crippen LogP contribution is -2.15. The number of thiophene rings is 1. The fraction of sp³-hybridized carbons (Fsp3) is 0.118. The molecule has 5 heterocycles. The Kier molecular flexibility index (Phi) is 3.22. The molecule has 6 rings (SSSR count). The van der Waals surface area contributed by atoms with Gasteiger partial charge in [-0.3, -0.25) is 14.5 Å². The first kappa shape index (κ1) is 15.4. The molecule has 27 heavy (non-hydrogen) atoms. The number of hydrogen-bond donors (Lipinski definition) is 1. The third-order valence-electron chi connectivity index (χ3n) is 4.24. The number of nitrogens with zero attached hydrogens (tertiary/aromatic N) is 3. The van der Waals surface area contributed by atoms with Crippen molar-refractivity contribution in [2.24, 2.45) is 0 Å². The first-order valence-electron chi connectivity index (χ1n) is 8.11. The highest BCUT2D eigenvalue weighted by atomic mass is 32.1. The first-order chi connectivity index (χ1) is 13.2. The molecule has 1 aliphatic heterocycles. The van der Waals surface area contributed by atoms with Crippen LogP contribution in [0.3, 0.4) is 0 Å². The summed E-state index contributed by atoms with van der Waals surface area (Å²) in [7, 11) is 0. The van der Waals surface area contributed by atoms with Gasteiger partial charge in [0.25, 0.3) is 5.91 Å². The number of carbonyl (C=O) groups excluding carboxylic acids is 1. The van der Waals surface area contributed by atoms with Crippen molar-refractivity contribution in [3.8, 4) is 11.5 Å². The summed E-state index contributed by atoms with van der Waals surface area (Å²) in [5, 5.41) is 5.42. The van der Waals surface area contributed by atoms with Crippen LogP contribution < -0.4 is 14.8 Å². The molecular weight excluding hydrogens is 404 g/mol. The molecule has 1 aromatic carbocycles. The molecular formula is C17H10N4O3S3. The lowest BCUT2D eigenvalue weighted by molar-refractivity contribution is 0.103. The van der Waals surface area contributed by atoms with Crippen LogP contribution in [0.5, 0.6) is 11.5 Å². The molecule has 0 spiro atoms. The summed E-state index contributed by atoms with van der Waals surface area (Å²) in [4.78, 5) is 24.1. The van der Waals surface area contributed by atoms with E-state index in [0.29, 0.717) is 29.0 Å². The minimum absolute atomic E-state index is 0.182. The maximum Gasteiger partial charge on any atom is 0.267 e. The van der Waals surface area contributed by atoms with Crippen LogP contribution in [-0.4, -0.2) is 33.5 Å². The van der Waals surface area contributed by atoms with E-state index in [1.165, 1.54) is 22.7 Å². The number of thiazole rings is 2. The Morgan fingerprint density at radius 3 is 2.85 bits per heavy atom. The number of carbonyl (C=O) groups is 1. The second kappa shape index (κ2) is 5.65. The maximum atomic E-state index is 12.7. The van der Waals surface area contributed by atoms with Gasteiger partial charge in [-0.1, -0.05) is 11.3 Å². The molecule has 1 N–H and O–H groups in total. The van der Waals surface area contributed by atoms with Crippen LogP contribution in [0.1, 0.15) is 9.67 Å². The van der Waals surface area contributed by atoms with Crippen molar-refractivity contribution in [2.75, 3.05) is 18.5 Å². The van der Waals surface area contributed by atoms with Gasteiger partial charge in [-0.2, -0.15) is 0 Å². The molecule has 0 saturated carbocycles. The monoisotopic (exact) mass is 414 g/mol. The largest absolute Gasteiger partial charge is 0.486 e. The topological polar surface area (TPSA) is 77.8 Å². The molecule has 1 amide bonds. The summed E-state index contributed by atoms with van der Waals surface area (Å²) >= 11 is 4.37. The molecule has 0 atom stereocenters. The van der Waals surface area contributed by atoms with Gasteiger partial charge in [0.15, 0.2) is 21.6 Å². The highest BCUT2D eigenvalue weighted by Gasteiger charge is 2.18. The molecule has 0 bridgehead atoms. The number of aromatic nitrogens is 3. The standard InChI is InChI=1S/C17H10N4O3S3/c22-14(13-6-9-15(26-13)20-17-21(9)1-4-25-17)19-16-18-8-5-10-11(7-12(8)27-16)24-3-2-23-10/h1,4-7H,2-3H2,(H,18,19,22). The van der Waals surface area contributed by atoms with Crippen LogP contribution >= 0.6 is 34.0 Å².